The smallest absolute Gasteiger partial charge is 0.327 e. The Morgan fingerprint density at radius 2 is 1.47 bits per heavy atom. The summed E-state index contributed by atoms with van der Waals surface area (Å²) in [6, 6.07) is 0. The fourth-order valence-corrected chi connectivity index (χ4v) is 10.7. The molecular formula is C44H72O3. The van der Waals surface area contributed by atoms with E-state index in [4.69, 9.17) is 5.11 Å². The lowest BCUT2D eigenvalue weighted by Crippen LogP contribution is -2.54. The zero-order valence-electron chi connectivity index (χ0n) is 31.4. The highest BCUT2D eigenvalue weighted by Crippen LogP contribution is 2.72. The summed E-state index contributed by atoms with van der Waals surface area (Å²) in [6.45, 7) is 14.8. The van der Waals surface area contributed by atoms with Crippen LogP contribution in [0.4, 0.5) is 0 Å². The van der Waals surface area contributed by atoms with Gasteiger partial charge in [0.05, 0.1) is 6.10 Å². The van der Waals surface area contributed by atoms with Crippen LogP contribution in [0.15, 0.2) is 47.6 Å². The van der Waals surface area contributed by atoms with Crippen molar-refractivity contribution in [3.05, 3.63) is 47.6 Å². The number of unbranched alkanes of at least 4 members (excludes halogenated alkanes) is 11. The van der Waals surface area contributed by atoms with Gasteiger partial charge in [0.25, 0.3) is 0 Å². The fraction of sp³-hybridized carbons (Fsp3) is 0.795. The van der Waals surface area contributed by atoms with E-state index in [1.807, 2.05) is 5.57 Å². The van der Waals surface area contributed by atoms with E-state index in [1.54, 1.807) is 11.6 Å². The third-order valence-corrected chi connectivity index (χ3v) is 14.2. The molecule has 3 nitrogen and oxygen atoms in total. The minimum Gasteiger partial charge on any atom is -0.478 e. The maximum Gasteiger partial charge on any atom is 0.327 e. The Morgan fingerprint density at radius 3 is 2.11 bits per heavy atom. The summed E-state index contributed by atoms with van der Waals surface area (Å²) in [4.78, 5) is 10.5. The van der Waals surface area contributed by atoms with Crippen LogP contribution >= 0.6 is 0 Å². The number of aliphatic hydroxyl groups excluding tert-OH is 1. The minimum absolute atomic E-state index is 0.159. The monoisotopic (exact) mass is 649 g/mol. The number of carboxylic acids is 1. The first-order valence-electron chi connectivity index (χ1n) is 20.1. The predicted molar refractivity (Wildman–Crippen MR) is 199 cm³/mol. The standard InChI is InChI=1S/C44H72O3/c1-33(2)34(3)21-22-35(4)38-25-26-39-40-24-23-36-32-37(45)27-29-43(36,6)44(40,31-30-42(38,39)5)28-19-17-15-13-11-9-7-8-10-12-14-16-18-20-41(46)47/h18,20-24,33-35,37-39,45H,7-17,19,25-32H2,1-6H3,(H,46,47)/b20-18+,22-21+/t34-,35+,37-,38+,39-,42+,43-,44-/m0/s1. The second-order valence-electron chi connectivity index (χ2n) is 17.4. The van der Waals surface area contributed by atoms with Gasteiger partial charge in [-0.15, -0.1) is 0 Å². The molecule has 4 aliphatic carbocycles. The van der Waals surface area contributed by atoms with Crippen LogP contribution in [-0.4, -0.2) is 22.3 Å². The molecule has 0 bridgehead atoms. The maximum atomic E-state index is 10.7. The normalized spacial score (nSPS) is 33.4. The van der Waals surface area contributed by atoms with Crippen molar-refractivity contribution in [2.75, 3.05) is 0 Å². The molecule has 3 saturated carbocycles. The zero-order valence-corrected chi connectivity index (χ0v) is 31.4. The maximum absolute atomic E-state index is 10.7. The molecule has 4 rings (SSSR count). The summed E-state index contributed by atoms with van der Waals surface area (Å²) < 4.78 is 0. The Balaban J connectivity index is 1.31. The summed E-state index contributed by atoms with van der Waals surface area (Å²) in [5, 5.41) is 19.4. The first kappa shape index (κ1) is 38.2. The molecule has 3 fully saturated rings. The molecule has 0 aromatic carbocycles. The van der Waals surface area contributed by atoms with Gasteiger partial charge in [-0.1, -0.05) is 147 Å². The molecule has 4 aliphatic rings. The van der Waals surface area contributed by atoms with Crippen molar-refractivity contribution in [2.45, 2.75) is 176 Å². The van der Waals surface area contributed by atoms with Gasteiger partial charge in [0.2, 0.25) is 0 Å². The number of fused-ring (bicyclic) bond motifs is 5. The number of carboxylic acid groups (broad SMARTS) is 1. The fourth-order valence-electron chi connectivity index (χ4n) is 10.7. The van der Waals surface area contributed by atoms with Crippen molar-refractivity contribution in [1.82, 2.24) is 0 Å². The van der Waals surface area contributed by atoms with Crippen LogP contribution in [0.3, 0.4) is 0 Å². The number of aliphatic hydroxyl groups is 1. The number of rotatable bonds is 19. The van der Waals surface area contributed by atoms with Gasteiger partial charge >= 0.3 is 5.97 Å². The number of aliphatic carboxylic acids is 1. The number of carbonyl (C=O) groups is 1. The molecule has 0 heterocycles. The van der Waals surface area contributed by atoms with Crippen LogP contribution in [0.2, 0.25) is 0 Å². The van der Waals surface area contributed by atoms with Crippen molar-refractivity contribution < 1.29 is 15.0 Å². The molecule has 0 amide bonds. The average Bonchev–Trinajstić information content (AvgIpc) is 3.39. The first-order chi connectivity index (χ1) is 22.4. The van der Waals surface area contributed by atoms with E-state index >= 15 is 0 Å². The summed E-state index contributed by atoms with van der Waals surface area (Å²) in [6.07, 6.45) is 38.1. The summed E-state index contributed by atoms with van der Waals surface area (Å²) in [5.41, 5.74) is 4.26. The van der Waals surface area contributed by atoms with Crippen LogP contribution in [0, 0.1) is 45.8 Å². The molecule has 266 valence electrons. The van der Waals surface area contributed by atoms with Gasteiger partial charge in [-0.25, -0.2) is 4.79 Å². The van der Waals surface area contributed by atoms with Crippen LogP contribution in [0.25, 0.3) is 0 Å². The Kier molecular flexibility index (Phi) is 14.1. The largest absolute Gasteiger partial charge is 0.478 e. The van der Waals surface area contributed by atoms with Gasteiger partial charge in [-0.3, -0.25) is 0 Å². The van der Waals surface area contributed by atoms with Crippen LogP contribution in [0.5, 0.6) is 0 Å². The molecule has 3 heteroatoms. The lowest BCUT2D eigenvalue weighted by Gasteiger charge is -2.62. The second kappa shape index (κ2) is 17.4. The zero-order chi connectivity index (χ0) is 34.1. The number of allylic oxidation sites excluding steroid dienone is 6. The Hall–Kier alpha value is -1.61. The first-order valence-corrected chi connectivity index (χ1v) is 20.1. The second-order valence-corrected chi connectivity index (χ2v) is 17.4. The van der Waals surface area contributed by atoms with Crippen LogP contribution in [0.1, 0.15) is 170 Å². The van der Waals surface area contributed by atoms with Crippen LogP contribution < -0.4 is 0 Å². The Bertz CT molecular complexity index is 1130. The molecule has 0 aromatic rings. The van der Waals surface area contributed by atoms with Gasteiger partial charge in [-0.05, 0) is 105 Å². The third-order valence-electron chi connectivity index (χ3n) is 14.2. The predicted octanol–water partition coefficient (Wildman–Crippen LogP) is 12.4. The number of hydrogen-bond donors (Lipinski definition) is 2. The lowest BCUT2D eigenvalue weighted by molar-refractivity contribution is -0.131. The minimum atomic E-state index is -0.838. The molecule has 0 saturated heterocycles. The van der Waals surface area contributed by atoms with E-state index in [0.29, 0.717) is 29.1 Å². The average molecular weight is 649 g/mol. The van der Waals surface area contributed by atoms with Crippen LogP contribution in [-0.2, 0) is 4.79 Å². The summed E-state index contributed by atoms with van der Waals surface area (Å²) >= 11 is 0. The molecule has 0 aromatic heterocycles. The molecule has 47 heavy (non-hydrogen) atoms. The molecule has 8 atom stereocenters. The van der Waals surface area contributed by atoms with Crippen molar-refractivity contribution >= 4 is 5.97 Å². The summed E-state index contributed by atoms with van der Waals surface area (Å²) in [7, 11) is 0. The molecule has 0 aliphatic heterocycles. The number of hydrogen-bond acceptors (Lipinski definition) is 2. The van der Waals surface area contributed by atoms with E-state index < -0.39 is 5.97 Å². The molecule has 0 radical (unpaired) electrons. The van der Waals surface area contributed by atoms with Gasteiger partial charge < -0.3 is 10.2 Å². The topological polar surface area (TPSA) is 57.5 Å². The lowest BCUT2D eigenvalue weighted by atomic mass is 9.42. The van der Waals surface area contributed by atoms with Gasteiger partial charge in [0.1, 0.15) is 0 Å². The van der Waals surface area contributed by atoms with E-state index in [2.05, 4.69) is 65.8 Å². The van der Waals surface area contributed by atoms with E-state index in [9.17, 15) is 9.90 Å². The quantitative estimate of drug-likeness (QED) is 0.0832. The molecular weight excluding hydrogens is 576 g/mol. The van der Waals surface area contributed by atoms with E-state index in [1.165, 1.54) is 102 Å². The SMILES string of the molecule is CC(C)[C@@H](C)/C=C/[C@@H](C)[C@H]1CC[C@H]2C3=CC=C4C[C@@H](O)CC[C@]4(C)[C@@]3(CCCCCCCCCCCCC/C=C/C(=O)O)CC[C@]12C. The van der Waals surface area contributed by atoms with Crippen molar-refractivity contribution in [1.29, 1.82) is 0 Å². The Morgan fingerprint density at radius 1 is 0.830 bits per heavy atom. The highest BCUT2D eigenvalue weighted by molar-refractivity contribution is 5.79. The third kappa shape index (κ3) is 8.95. The van der Waals surface area contributed by atoms with E-state index in [0.717, 1.165) is 38.0 Å². The molecule has 0 spiro atoms. The van der Waals surface area contributed by atoms with Gasteiger partial charge in [-0.2, -0.15) is 0 Å². The highest BCUT2D eigenvalue weighted by Gasteiger charge is 2.63. The summed E-state index contributed by atoms with van der Waals surface area (Å²) in [5.74, 6) is 2.63. The Labute approximate surface area is 289 Å². The van der Waals surface area contributed by atoms with Gasteiger partial charge in [0.15, 0.2) is 0 Å². The van der Waals surface area contributed by atoms with Crippen molar-refractivity contribution in [3.8, 4) is 0 Å². The van der Waals surface area contributed by atoms with Crippen molar-refractivity contribution in [2.24, 2.45) is 45.8 Å². The van der Waals surface area contributed by atoms with E-state index in [-0.39, 0.29) is 16.9 Å². The van der Waals surface area contributed by atoms with Crippen molar-refractivity contribution in [3.63, 3.8) is 0 Å². The molecule has 0 unspecified atom stereocenters. The van der Waals surface area contributed by atoms with Gasteiger partial charge in [0, 0.05) is 11.5 Å². The molecule has 2 N–H and O–H groups in total. The highest BCUT2D eigenvalue weighted by atomic mass is 16.4.